The van der Waals surface area contributed by atoms with Gasteiger partial charge >= 0.3 is 5.97 Å². The van der Waals surface area contributed by atoms with Gasteiger partial charge in [0.05, 0.1) is 0 Å². The van der Waals surface area contributed by atoms with Crippen molar-refractivity contribution >= 4 is 17.6 Å². The number of alkyl halides is 1. The lowest BCUT2D eigenvalue weighted by molar-refractivity contribution is -0.144. The van der Waals surface area contributed by atoms with Crippen molar-refractivity contribution in [1.29, 1.82) is 0 Å². The molecule has 1 rings (SSSR count). The molecular formula is C7H9ClO2. The second kappa shape index (κ2) is 2.27. The van der Waals surface area contributed by atoms with Gasteiger partial charge in [-0.1, -0.05) is 6.58 Å². The highest BCUT2D eigenvalue weighted by atomic mass is 35.5. The topological polar surface area (TPSA) is 26.3 Å². The Morgan fingerprint density at radius 1 is 2.00 bits per heavy atom. The Bertz CT molecular complexity index is 178. The summed E-state index contributed by atoms with van der Waals surface area (Å²) in [6.07, 6.45) is 2.13. The zero-order valence-corrected chi connectivity index (χ0v) is 6.52. The van der Waals surface area contributed by atoms with E-state index in [0.717, 1.165) is 0 Å². The van der Waals surface area contributed by atoms with Crippen LogP contribution in [0.3, 0.4) is 0 Å². The number of cyclic esters (lactones) is 1. The first-order valence-electron chi connectivity index (χ1n) is 3.08. The van der Waals surface area contributed by atoms with E-state index < -0.39 is 11.0 Å². The second-order valence-corrected chi connectivity index (χ2v) is 3.14. The van der Waals surface area contributed by atoms with Gasteiger partial charge in [0, 0.05) is 6.42 Å². The summed E-state index contributed by atoms with van der Waals surface area (Å²) in [6.45, 7) is 5.34. The van der Waals surface area contributed by atoms with Crippen LogP contribution in [-0.2, 0) is 9.53 Å². The molecule has 2 atom stereocenters. The van der Waals surface area contributed by atoms with Gasteiger partial charge in [-0.3, -0.25) is 4.79 Å². The van der Waals surface area contributed by atoms with Gasteiger partial charge < -0.3 is 4.74 Å². The Kier molecular flexibility index (Phi) is 1.73. The van der Waals surface area contributed by atoms with Crippen molar-refractivity contribution in [3.63, 3.8) is 0 Å². The van der Waals surface area contributed by atoms with Crippen LogP contribution in [-0.4, -0.2) is 16.9 Å². The Morgan fingerprint density at radius 2 is 2.60 bits per heavy atom. The molecule has 1 heterocycles. The highest BCUT2D eigenvalue weighted by Gasteiger charge is 2.40. The first kappa shape index (κ1) is 7.61. The lowest BCUT2D eigenvalue weighted by Gasteiger charge is -2.15. The Morgan fingerprint density at radius 3 is 2.80 bits per heavy atom. The monoisotopic (exact) mass is 160 g/mol. The summed E-state index contributed by atoms with van der Waals surface area (Å²) in [7, 11) is 0. The number of ether oxygens (including phenoxy) is 1. The molecule has 0 bridgehead atoms. The lowest BCUT2D eigenvalue weighted by Crippen LogP contribution is -2.19. The van der Waals surface area contributed by atoms with E-state index in [1.54, 1.807) is 13.0 Å². The van der Waals surface area contributed by atoms with Crippen molar-refractivity contribution in [3.05, 3.63) is 12.7 Å². The average molecular weight is 161 g/mol. The molecule has 1 aliphatic rings. The number of hydrogen-bond donors (Lipinski definition) is 0. The molecule has 0 aromatic rings. The number of halogens is 1. The van der Waals surface area contributed by atoms with E-state index in [1.807, 2.05) is 0 Å². The first-order valence-corrected chi connectivity index (χ1v) is 3.51. The molecule has 1 fully saturated rings. The molecule has 0 N–H and O–H groups in total. The van der Waals surface area contributed by atoms with Gasteiger partial charge in [0.1, 0.15) is 11.0 Å². The third-order valence-corrected chi connectivity index (χ3v) is 1.94. The van der Waals surface area contributed by atoms with Gasteiger partial charge in [-0.05, 0) is 13.0 Å². The quantitative estimate of drug-likeness (QED) is 0.330. The third kappa shape index (κ3) is 1.16. The summed E-state index contributed by atoms with van der Waals surface area (Å²) >= 11 is 5.60. The summed E-state index contributed by atoms with van der Waals surface area (Å²) in [4.78, 5) is 10.7. The summed E-state index contributed by atoms with van der Waals surface area (Å²) in [5, 5.41) is -0.497. The fourth-order valence-electron chi connectivity index (χ4n) is 0.900. The minimum Gasteiger partial charge on any atom is -0.454 e. The maximum atomic E-state index is 10.7. The van der Waals surface area contributed by atoms with Gasteiger partial charge in [-0.15, -0.1) is 11.6 Å². The number of hydrogen-bond acceptors (Lipinski definition) is 2. The Balaban J connectivity index is 2.73. The molecule has 56 valence electrons. The molecule has 0 aromatic carbocycles. The van der Waals surface area contributed by atoms with Crippen LogP contribution in [0.25, 0.3) is 0 Å². The van der Waals surface area contributed by atoms with Crippen molar-refractivity contribution in [1.82, 2.24) is 0 Å². The maximum absolute atomic E-state index is 10.7. The van der Waals surface area contributed by atoms with Gasteiger partial charge in [0.15, 0.2) is 0 Å². The maximum Gasteiger partial charge on any atom is 0.325 e. The molecule has 0 radical (unpaired) electrons. The Labute approximate surface area is 64.8 Å². The standard InChI is InChI=1S/C7H9ClO2/c1-3-7(2)4-5(8)6(9)10-7/h3,5H,1,4H2,2H3. The SMILES string of the molecule is C=CC1(C)CC(Cl)C(=O)O1. The molecule has 2 unspecified atom stereocenters. The molecule has 3 heteroatoms. The summed E-state index contributed by atoms with van der Waals surface area (Å²) in [6, 6.07) is 0. The van der Waals surface area contributed by atoms with E-state index in [0.29, 0.717) is 6.42 Å². The van der Waals surface area contributed by atoms with Gasteiger partial charge in [0.25, 0.3) is 0 Å². The van der Waals surface area contributed by atoms with Crippen LogP contribution in [0, 0.1) is 0 Å². The fraction of sp³-hybridized carbons (Fsp3) is 0.571. The highest BCUT2D eigenvalue weighted by Crippen LogP contribution is 2.30. The summed E-state index contributed by atoms with van der Waals surface area (Å²) < 4.78 is 4.92. The minimum atomic E-state index is -0.538. The smallest absolute Gasteiger partial charge is 0.325 e. The van der Waals surface area contributed by atoms with Crippen molar-refractivity contribution in [2.45, 2.75) is 24.3 Å². The average Bonchev–Trinajstić information content (AvgIpc) is 2.10. The normalized spacial score (nSPS) is 39.4. The molecule has 0 saturated carbocycles. The molecule has 1 aliphatic heterocycles. The van der Waals surface area contributed by atoms with Gasteiger partial charge in [-0.2, -0.15) is 0 Å². The van der Waals surface area contributed by atoms with Crippen molar-refractivity contribution in [3.8, 4) is 0 Å². The number of rotatable bonds is 1. The van der Waals surface area contributed by atoms with Crippen LogP contribution in [0.4, 0.5) is 0 Å². The summed E-state index contributed by atoms with van der Waals surface area (Å²) in [5.74, 6) is -0.343. The minimum absolute atomic E-state index is 0.343. The van der Waals surface area contributed by atoms with Crippen LogP contribution in [0.1, 0.15) is 13.3 Å². The predicted octanol–water partition coefficient (Wildman–Crippen LogP) is 1.49. The predicted molar refractivity (Wildman–Crippen MR) is 39.0 cm³/mol. The van der Waals surface area contributed by atoms with Gasteiger partial charge in [-0.25, -0.2) is 0 Å². The third-order valence-electron chi connectivity index (χ3n) is 1.61. The first-order chi connectivity index (χ1) is 4.57. The fourth-order valence-corrected chi connectivity index (χ4v) is 1.25. The second-order valence-electron chi connectivity index (χ2n) is 2.61. The van der Waals surface area contributed by atoms with Crippen molar-refractivity contribution in [2.24, 2.45) is 0 Å². The molecule has 0 amide bonds. The van der Waals surface area contributed by atoms with Crippen LogP contribution < -0.4 is 0 Å². The summed E-state index contributed by atoms with van der Waals surface area (Å²) in [5.41, 5.74) is -0.538. The number of esters is 1. The molecule has 10 heavy (non-hydrogen) atoms. The largest absolute Gasteiger partial charge is 0.454 e. The molecule has 0 spiro atoms. The van der Waals surface area contributed by atoms with Crippen LogP contribution in [0.5, 0.6) is 0 Å². The zero-order valence-electron chi connectivity index (χ0n) is 5.76. The molecule has 1 saturated heterocycles. The number of carbonyl (C=O) groups excluding carboxylic acids is 1. The van der Waals surface area contributed by atoms with E-state index in [2.05, 4.69) is 6.58 Å². The van der Waals surface area contributed by atoms with E-state index in [4.69, 9.17) is 16.3 Å². The molecule has 0 aromatic heterocycles. The van der Waals surface area contributed by atoms with Crippen LogP contribution in [0.15, 0.2) is 12.7 Å². The van der Waals surface area contributed by atoms with Crippen LogP contribution >= 0.6 is 11.6 Å². The lowest BCUT2D eigenvalue weighted by atomic mass is 10.0. The van der Waals surface area contributed by atoms with Crippen molar-refractivity contribution in [2.75, 3.05) is 0 Å². The molecular weight excluding hydrogens is 152 g/mol. The zero-order chi connectivity index (χ0) is 7.78. The van der Waals surface area contributed by atoms with Gasteiger partial charge in [0.2, 0.25) is 0 Å². The number of carbonyl (C=O) groups is 1. The van der Waals surface area contributed by atoms with E-state index >= 15 is 0 Å². The van der Waals surface area contributed by atoms with E-state index in [-0.39, 0.29) is 5.97 Å². The molecule has 2 nitrogen and oxygen atoms in total. The molecule has 0 aliphatic carbocycles. The Hall–Kier alpha value is -0.500. The van der Waals surface area contributed by atoms with Crippen LogP contribution in [0.2, 0.25) is 0 Å². The highest BCUT2D eigenvalue weighted by molar-refractivity contribution is 6.30. The van der Waals surface area contributed by atoms with E-state index in [1.165, 1.54) is 0 Å². The van der Waals surface area contributed by atoms with Crippen molar-refractivity contribution < 1.29 is 9.53 Å². The van der Waals surface area contributed by atoms with E-state index in [9.17, 15) is 4.79 Å².